The Balaban J connectivity index is 4.19. The molecule has 1 nitrogen and oxygen atoms in total. The fraction of sp³-hybridized carbons (Fsp3) is 0.500. The summed E-state index contributed by atoms with van der Waals surface area (Å²) < 4.78 is 0. The van der Waals surface area contributed by atoms with E-state index >= 15 is 0 Å². The number of carbonyl (C=O) groups excluding carboxylic acids is 1. The molecule has 0 amide bonds. The zero-order chi connectivity index (χ0) is 8.85. The molecule has 0 fully saturated rings. The van der Waals surface area contributed by atoms with Crippen LogP contribution in [0, 0.1) is 5.92 Å². The maximum absolute atomic E-state index is 11.1. The molecule has 0 spiro atoms. The minimum atomic E-state index is 0.107. The van der Waals surface area contributed by atoms with Crippen LogP contribution in [0.15, 0.2) is 23.8 Å². The molecule has 0 unspecified atom stereocenters. The van der Waals surface area contributed by atoms with Crippen molar-refractivity contribution in [2.24, 2.45) is 5.92 Å². The Hall–Kier alpha value is -0.850. The Morgan fingerprint density at radius 2 is 1.91 bits per heavy atom. The predicted molar refractivity (Wildman–Crippen MR) is 48.4 cm³/mol. The molecule has 0 saturated carbocycles. The molecule has 0 N–H and O–H groups in total. The van der Waals surface area contributed by atoms with Crippen molar-refractivity contribution in [2.45, 2.75) is 27.7 Å². The first-order valence-electron chi connectivity index (χ1n) is 3.92. The maximum Gasteiger partial charge on any atom is 0.158 e. The van der Waals surface area contributed by atoms with Crippen molar-refractivity contribution in [1.82, 2.24) is 0 Å². The van der Waals surface area contributed by atoms with Crippen LogP contribution in [0.5, 0.6) is 0 Å². The Labute approximate surface area is 68.8 Å². The third-order valence-corrected chi connectivity index (χ3v) is 1.37. The van der Waals surface area contributed by atoms with Crippen molar-refractivity contribution in [3.05, 3.63) is 23.8 Å². The lowest BCUT2D eigenvalue weighted by Gasteiger charge is -1.97. The fourth-order valence-electron chi connectivity index (χ4n) is 0.702. The third-order valence-electron chi connectivity index (χ3n) is 1.37. The van der Waals surface area contributed by atoms with E-state index in [1.54, 1.807) is 6.08 Å². The van der Waals surface area contributed by atoms with E-state index in [2.05, 4.69) is 0 Å². The van der Waals surface area contributed by atoms with Crippen LogP contribution in [0.1, 0.15) is 27.7 Å². The van der Waals surface area contributed by atoms with Gasteiger partial charge in [0.05, 0.1) is 0 Å². The summed E-state index contributed by atoms with van der Waals surface area (Å²) in [4.78, 5) is 11.1. The van der Waals surface area contributed by atoms with Crippen LogP contribution in [0.25, 0.3) is 0 Å². The average Bonchev–Trinajstić information content (AvgIpc) is 1.87. The molecular weight excluding hydrogens is 136 g/mol. The van der Waals surface area contributed by atoms with Crippen LogP contribution in [-0.2, 0) is 4.79 Å². The minimum absolute atomic E-state index is 0.107. The van der Waals surface area contributed by atoms with Crippen LogP contribution in [0.4, 0.5) is 0 Å². The second kappa shape index (κ2) is 4.89. The quantitative estimate of drug-likeness (QED) is 0.449. The first-order valence-corrected chi connectivity index (χ1v) is 3.92. The van der Waals surface area contributed by atoms with Gasteiger partial charge in [-0.3, -0.25) is 4.79 Å². The van der Waals surface area contributed by atoms with Gasteiger partial charge in [0.25, 0.3) is 0 Å². The van der Waals surface area contributed by atoms with E-state index in [4.69, 9.17) is 0 Å². The normalized spacial score (nSPS) is 13.0. The van der Waals surface area contributed by atoms with E-state index in [1.807, 2.05) is 39.8 Å². The van der Waals surface area contributed by atoms with Crippen LogP contribution in [-0.4, -0.2) is 5.78 Å². The number of rotatable bonds is 3. The molecule has 0 aromatic rings. The van der Waals surface area contributed by atoms with Gasteiger partial charge in [0.2, 0.25) is 0 Å². The molecule has 0 atom stereocenters. The molecule has 0 aromatic heterocycles. The first-order chi connectivity index (χ1) is 5.07. The Kier molecular flexibility index (Phi) is 4.51. The van der Waals surface area contributed by atoms with E-state index in [-0.39, 0.29) is 11.7 Å². The molecule has 0 aromatic carbocycles. The fourth-order valence-corrected chi connectivity index (χ4v) is 0.702. The zero-order valence-electron chi connectivity index (χ0n) is 7.72. The zero-order valence-corrected chi connectivity index (χ0v) is 7.72. The molecule has 11 heavy (non-hydrogen) atoms. The van der Waals surface area contributed by atoms with Crippen molar-refractivity contribution in [1.29, 1.82) is 0 Å². The van der Waals surface area contributed by atoms with Crippen molar-refractivity contribution in [3.63, 3.8) is 0 Å². The minimum Gasteiger partial charge on any atom is -0.295 e. The standard InChI is InChI=1S/C10H16O/c1-5-6-9(4)7-10(11)8(2)3/h5-8H,1-4H3/b6-5+,9-7-. The Bertz CT molecular complexity index is 185. The lowest BCUT2D eigenvalue weighted by Crippen LogP contribution is -2.02. The van der Waals surface area contributed by atoms with Gasteiger partial charge >= 0.3 is 0 Å². The van der Waals surface area contributed by atoms with Gasteiger partial charge in [0.15, 0.2) is 5.78 Å². The highest BCUT2D eigenvalue weighted by Crippen LogP contribution is 2.01. The second-order valence-electron chi connectivity index (χ2n) is 2.95. The van der Waals surface area contributed by atoms with Crippen LogP contribution in [0.3, 0.4) is 0 Å². The molecule has 0 aliphatic carbocycles. The summed E-state index contributed by atoms with van der Waals surface area (Å²) in [6, 6.07) is 0. The topological polar surface area (TPSA) is 17.1 Å². The van der Waals surface area contributed by atoms with Gasteiger partial charge in [-0.15, -0.1) is 0 Å². The highest BCUT2D eigenvalue weighted by Gasteiger charge is 2.01. The lowest BCUT2D eigenvalue weighted by atomic mass is 10.1. The number of hydrogen-bond donors (Lipinski definition) is 0. The van der Waals surface area contributed by atoms with E-state index in [1.165, 1.54) is 0 Å². The molecule has 62 valence electrons. The molecule has 0 heterocycles. The van der Waals surface area contributed by atoms with Gasteiger partial charge in [-0.25, -0.2) is 0 Å². The van der Waals surface area contributed by atoms with Gasteiger partial charge in [0, 0.05) is 5.92 Å². The molecule has 0 bridgehead atoms. The van der Waals surface area contributed by atoms with Crippen LogP contribution in [0.2, 0.25) is 0 Å². The van der Waals surface area contributed by atoms with Gasteiger partial charge in [-0.2, -0.15) is 0 Å². The van der Waals surface area contributed by atoms with Crippen LogP contribution >= 0.6 is 0 Å². The summed E-state index contributed by atoms with van der Waals surface area (Å²) in [5.74, 6) is 0.302. The van der Waals surface area contributed by atoms with Crippen LogP contribution < -0.4 is 0 Å². The van der Waals surface area contributed by atoms with E-state index in [0.717, 1.165) is 5.57 Å². The van der Waals surface area contributed by atoms with Gasteiger partial charge in [0.1, 0.15) is 0 Å². The molecule has 0 aliphatic heterocycles. The third kappa shape index (κ3) is 4.54. The number of hydrogen-bond acceptors (Lipinski definition) is 1. The maximum atomic E-state index is 11.1. The van der Waals surface area contributed by atoms with Crippen molar-refractivity contribution in [2.75, 3.05) is 0 Å². The number of carbonyl (C=O) groups is 1. The summed E-state index contributed by atoms with van der Waals surface area (Å²) >= 11 is 0. The molecule has 0 saturated heterocycles. The Morgan fingerprint density at radius 3 is 2.27 bits per heavy atom. The largest absolute Gasteiger partial charge is 0.295 e. The van der Waals surface area contributed by atoms with E-state index in [9.17, 15) is 4.79 Å². The summed E-state index contributed by atoms with van der Waals surface area (Å²) in [5.41, 5.74) is 1.02. The van der Waals surface area contributed by atoms with Crippen molar-refractivity contribution < 1.29 is 4.79 Å². The molecular formula is C10H16O. The Morgan fingerprint density at radius 1 is 1.36 bits per heavy atom. The summed E-state index contributed by atoms with van der Waals surface area (Å²) in [5, 5.41) is 0. The smallest absolute Gasteiger partial charge is 0.158 e. The highest BCUT2D eigenvalue weighted by molar-refractivity contribution is 5.92. The summed E-state index contributed by atoms with van der Waals surface area (Å²) in [6.45, 7) is 7.68. The average molecular weight is 152 g/mol. The molecule has 0 radical (unpaired) electrons. The number of ketones is 1. The summed E-state index contributed by atoms with van der Waals surface area (Å²) in [7, 11) is 0. The monoisotopic (exact) mass is 152 g/mol. The first kappa shape index (κ1) is 10.2. The predicted octanol–water partition coefficient (Wildman–Crippen LogP) is 2.73. The highest BCUT2D eigenvalue weighted by atomic mass is 16.1. The van der Waals surface area contributed by atoms with Gasteiger partial charge < -0.3 is 0 Å². The molecule has 1 heteroatoms. The van der Waals surface area contributed by atoms with Gasteiger partial charge in [-0.05, 0) is 25.5 Å². The second-order valence-corrected chi connectivity index (χ2v) is 2.95. The number of allylic oxidation sites excluding steroid dienone is 4. The van der Waals surface area contributed by atoms with E-state index in [0.29, 0.717) is 0 Å². The SMILES string of the molecule is C/C=C/C(C)=C\C(=O)C(C)C. The van der Waals surface area contributed by atoms with Gasteiger partial charge in [-0.1, -0.05) is 26.0 Å². The van der Waals surface area contributed by atoms with E-state index < -0.39 is 0 Å². The van der Waals surface area contributed by atoms with Crippen molar-refractivity contribution >= 4 is 5.78 Å². The molecule has 0 rings (SSSR count). The lowest BCUT2D eigenvalue weighted by molar-refractivity contribution is -0.117. The summed E-state index contributed by atoms with van der Waals surface area (Å²) in [6.07, 6.45) is 5.55. The molecule has 0 aliphatic rings. The van der Waals surface area contributed by atoms with Crippen molar-refractivity contribution in [3.8, 4) is 0 Å².